The minimum absolute atomic E-state index is 0.0200. The van der Waals surface area contributed by atoms with Crippen LogP contribution in [-0.4, -0.2) is 128 Å². The van der Waals surface area contributed by atoms with E-state index in [1.807, 2.05) is 21.3 Å². The van der Waals surface area contributed by atoms with Gasteiger partial charge in [-0.3, -0.25) is 58.8 Å². The van der Waals surface area contributed by atoms with Gasteiger partial charge in [-0.05, 0) is 12.5 Å². The highest BCUT2D eigenvalue weighted by Gasteiger charge is 2.34. The summed E-state index contributed by atoms with van der Waals surface area (Å²) in [4.78, 5) is 130. The number of rotatable bonds is 22. The number of aliphatic hydroxyl groups excluding tert-OH is 1. The molecular weight excluding hydrogens is 900 g/mol. The minimum Gasteiger partial charge on any atom is -0.502 e. The van der Waals surface area contributed by atoms with Crippen molar-refractivity contribution >= 4 is 82.7 Å². The first-order valence-electron chi connectivity index (χ1n) is 18.1. The average Bonchev–Trinajstić information content (AvgIpc) is 3.23. The van der Waals surface area contributed by atoms with Gasteiger partial charge in [0.05, 0.1) is 21.7 Å². The molecule has 35 nitrogen and oxygen atoms in total. The summed E-state index contributed by atoms with van der Waals surface area (Å²) in [5, 5.41) is 55.5. The van der Waals surface area contributed by atoms with E-state index in [1.54, 1.807) is 0 Å². The zero-order valence-corrected chi connectivity index (χ0v) is 34.4. The maximum absolute atomic E-state index is 13.8. The molecule has 0 radical (unpaired) electrons. The Morgan fingerprint density at radius 2 is 1.06 bits per heavy atom. The first-order valence-corrected chi connectivity index (χ1v) is 18.1. The topological polar surface area (TPSA) is 614 Å². The number of aliphatic imine (C=N–C) groups is 5. The van der Waals surface area contributed by atoms with Crippen molar-refractivity contribution in [2.45, 2.75) is 50.0 Å². The molecule has 360 valence electrons. The number of aliphatic hydroxyl groups is 1. The number of nitro groups is 2. The molecule has 0 aromatic heterocycles. The summed E-state index contributed by atoms with van der Waals surface area (Å²) in [5.74, 6) is -13.4. The normalized spacial score (nSPS) is 14.1. The standard InChI is InChI=1S/C32H44N22O13/c1-10(33)43-19(25(59)48-20(50-30(36)37)24(58)45-17(34)18(35)56)47-27(61)22(52-32(40)41)49-26(60)21(51-31(38)39)46-23(57)15(11-5-3-2-4-6-11)44-29(63)28(62)42-9-12-7-13(53(64)65)8-14(16(12)55)54(66)67/h2-9,15,17,19-22,28,55,62H,34H2,1H3,(H2,33,43)(H2,35,56)(H,44,63)(H,45,58)(H,46,57)(H,47,61)(H,48,59)(H,49,60)(H4,36,37,50)(H4,38,39,51)(H4,40,41,52). The van der Waals surface area contributed by atoms with Gasteiger partial charge in [-0.1, -0.05) is 30.3 Å². The van der Waals surface area contributed by atoms with Gasteiger partial charge in [0.2, 0.25) is 42.5 Å². The summed E-state index contributed by atoms with van der Waals surface area (Å²) in [6.45, 7) is 1.16. The zero-order chi connectivity index (χ0) is 50.9. The first-order chi connectivity index (χ1) is 31.2. The molecule has 0 spiro atoms. The van der Waals surface area contributed by atoms with Gasteiger partial charge in [-0.15, -0.1) is 0 Å². The van der Waals surface area contributed by atoms with E-state index < -0.39 is 135 Å². The molecule has 0 aliphatic carbocycles. The number of nitro benzene ring substituents is 2. The number of phenols is 1. The Bertz CT molecular complexity index is 2390. The van der Waals surface area contributed by atoms with Gasteiger partial charge in [0, 0.05) is 17.8 Å². The van der Waals surface area contributed by atoms with Gasteiger partial charge in [0.25, 0.3) is 41.1 Å². The van der Waals surface area contributed by atoms with Crippen LogP contribution in [0.1, 0.15) is 24.1 Å². The van der Waals surface area contributed by atoms with E-state index in [9.17, 15) is 64.0 Å². The summed E-state index contributed by atoms with van der Waals surface area (Å²) < 4.78 is 0. The van der Waals surface area contributed by atoms with E-state index in [-0.39, 0.29) is 11.4 Å². The van der Waals surface area contributed by atoms with Crippen LogP contribution in [0.3, 0.4) is 0 Å². The lowest BCUT2D eigenvalue weighted by molar-refractivity contribution is -0.394. The number of hydrogen-bond acceptors (Lipinski definition) is 19. The third-order valence-corrected chi connectivity index (χ3v) is 7.66. The van der Waals surface area contributed by atoms with Crippen molar-refractivity contribution in [1.29, 1.82) is 0 Å². The molecule has 0 bridgehead atoms. The second kappa shape index (κ2) is 24.2. The van der Waals surface area contributed by atoms with E-state index in [0.717, 1.165) is 6.92 Å². The number of benzene rings is 2. The van der Waals surface area contributed by atoms with Crippen molar-refractivity contribution in [3.05, 3.63) is 73.8 Å². The number of nitrogens with one attached hydrogen (secondary N) is 6. The SMILES string of the molecule is CC(N)=NC(NC(=O)C(N=C(N)N)NC(=O)C(N=C(N)N)NC(=O)C(NC(=O)C(O)N=Cc1cc([N+](=O)[O-])cc([N+](=O)[O-])c1O)c1ccccc1)C(=O)NC(N=C(N)N)C(=O)NC(N)C(N)=O. The maximum atomic E-state index is 13.8. The van der Waals surface area contributed by atoms with Crippen molar-refractivity contribution < 1.29 is 53.6 Å². The first kappa shape index (κ1) is 53.3. The quantitative estimate of drug-likeness (QED) is 0.0171. The highest BCUT2D eigenvalue weighted by molar-refractivity contribution is 5.99. The number of nitrogens with zero attached hydrogens (tertiary/aromatic N) is 7. The molecule has 0 aliphatic rings. The van der Waals surface area contributed by atoms with Gasteiger partial charge in [-0.25, -0.2) is 20.0 Å². The Morgan fingerprint density at radius 3 is 1.46 bits per heavy atom. The molecule has 26 N–H and O–H groups in total. The molecule has 2 aromatic rings. The fourth-order valence-corrected chi connectivity index (χ4v) is 4.79. The van der Waals surface area contributed by atoms with Crippen LogP contribution in [0, 0.1) is 20.2 Å². The monoisotopic (exact) mass is 944 g/mol. The summed E-state index contributed by atoms with van der Waals surface area (Å²) in [7, 11) is 0. The Balaban J connectivity index is 2.45. The lowest BCUT2D eigenvalue weighted by atomic mass is 10.1. The molecule has 7 amide bonds. The molecule has 35 heteroatoms. The number of nitrogens with two attached hydrogens (primary N) is 9. The molecule has 0 saturated heterocycles. The Morgan fingerprint density at radius 1 is 0.627 bits per heavy atom. The molecule has 0 saturated carbocycles. The molecule has 2 rings (SSSR count). The number of amides is 7. The highest BCUT2D eigenvalue weighted by Crippen LogP contribution is 2.33. The van der Waals surface area contributed by atoms with E-state index >= 15 is 0 Å². The molecule has 2 aromatic carbocycles. The van der Waals surface area contributed by atoms with Crippen molar-refractivity contribution in [3.8, 4) is 5.75 Å². The number of hydrogen-bond donors (Lipinski definition) is 17. The molecule has 0 aliphatic heterocycles. The van der Waals surface area contributed by atoms with E-state index in [1.165, 1.54) is 30.3 Å². The van der Waals surface area contributed by atoms with Crippen molar-refractivity contribution in [1.82, 2.24) is 31.9 Å². The van der Waals surface area contributed by atoms with Crippen LogP contribution in [0.5, 0.6) is 5.75 Å². The predicted molar refractivity (Wildman–Crippen MR) is 230 cm³/mol. The maximum Gasteiger partial charge on any atom is 0.318 e. The van der Waals surface area contributed by atoms with Crippen molar-refractivity contribution in [2.75, 3.05) is 0 Å². The lowest BCUT2D eigenvalue weighted by Crippen LogP contribution is -2.60. The Labute approximate surface area is 374 Å². The summed E-state index contributed by atoms with van der Waals surface area (Å²) in [6.07, 6.45) is -12.3. The Hall–Kier alpha value is -9.80. The largest absolute Gasteiger partial charge is 0.502 e. The van der Waals surface area contributed by atoms with E-state index in [4.69, 9.17) is 51.6 Å². The number of carbonyl (C=O) groups excluding carboxylic acids is 7. The third-order valence-electron chi connectivity index (χ3n) is 7.66. The zero-order valence-electron chi connectivity index (χ0n) is 34.4. The number of primary amides is 1. The molecule has 0 heterocycles. The van der Waals surface area contributed by atoms with Gasteiger partial charge in [0.15, 0.2) is 24.0 Å². The van der Waals surface area contributed by atoms with Crippen LogP contribution >= 0.6 is 0 Å². The average molecular weight is 945 g/mol. The smallest absolute Gasteiger partial charge is 0.318 e. The summed E-state index contributed by atoms with van der Waals surface area (Å²) in [6, 6.07) is 6.18. The van der Waals surface area contributed by atoms with Crippen LogP contribution in [0.2, 0.25) is 0 Å². The summed E-state index contributed by atoms with van der Waals surface area (Å²) >= 11 is 0. The van der Waals surface area contributed by atoms with Crippen molar-refractivity contribution in [3.63, 3.8) is 0 Å². The van der Waals surface area contributed by atoms with Crippen LogP contribution in [0.15, 0.2) is 67.4 Å². The van der Waals surface area contributed by atoms with Gasteiger partial charge < -0.3 is 93.7 Å². The second-order valence-electron chi connectivity index (χ2n) is 12.9. The van der Waals surface area contributed by atoms with Gasteiger partial charge >= 0.3 is 5.69 Å². The van der Waals surface area contributed by atoms with Gasteiger partial charge in [0.1, 0.15) is 6.04 Å². The van der Waals surface area contributed by atoms with Gasteiger partial charge in [-0.2, -0.15) is 0 Å². The molecular formula is C32H44N22O13. The fraction of sp³-hybridized carbons (Fsp3) is 0.250. The Kier molecular flexibility index (Phi) is 19.2. The second-order valence-corrected chi connectivity index (χ2v) is 12.9. The van der Waals surface area contributed by atoms with Crippen LogP contribution in [0.25, 0.3) is 0 Å². The van der Waals surface area contributed by atoms with Crippen LogP contribution in [-0.2, 0) is 33.6 Å². The number of non-ortho nitro benzene ring substituents is 1. The van der Waals surface area contributed by atoms with E-state index in [2.05, 4.69) is 35.6 Å². The number of amidine groups is 1. The fourth-order valence-electron chi connectivity index (χ4n) is 4.79. The van der Waals surface area contributed by atoms with Crippen LogP contribution < -0.4 is 83.5 Å². The molecule has 7 unspecified atom stereocenters. The minimum atomic E-state index is -2.46. The number of guanidine groups is 3. The molecule has 67 heavy (non-hydrogen) atoms. The van der Waals surface area contributed by atoms with Crippen LogP contribution in [0.4, 0.5) is 11.4 Å². The van der Waals surface area contributed by atoms with E-state index in [0.29, 0.717) is 18.3 Å². The number of aromatic hydroxyl groups is 1. The molecule has 7 atom stereocenters. The predicted octanol–water partition coefficient (Wildman–Crippen LogP) is -9.34. The van der Waals surface area contributed by atoms with Crippen molar-refractivity contribution in [2.24, 2.45) is 76.6 Å². The number of carbonyl (C=O) groups is 7. The molecule has 0 fully saturated rings. The summed E-state index contributed by atoms with van der Waals surface area (Å²) in [5.41, 5.74) is 46.0. The third kappa shape index (κ3) is 16.8. The number of phenolic OH excluding ortho intramolecular Hbond substituents is 1. The highest BCUT2D eigenvalue weighted by atomic mass is 16.6. The lowest BCUT2D eigenvalue weighted by Gasteiger charge is -2.24.